The van der Waals surface area contributed by atoms with Gasteiger partial charge >= 0.3 is 12.3 Å². The van der Waals surface area contributed by atoms with Gasteiger partial charge in [-0.15, -0.1) is 13.2 Å². The normalized spacial score (nSPS) is 14.2. The van der Waals surface area contributed by atoms with Crippen LogP contribution < -0.4 is 4.74 Å². The van der Waals surface area contributed by atoms with Gasteiger partial charge in [0.2, 0.25) is 5.78 Å². The second-order valence-electron chi connectivity index (χ2n) is 5.50. The van der Waals surface area contributed by atoms with Gasteiger partial charge in [0.15, 0.2) is 0 Å². The number of carbonyl (C=O) groups is 2. The minimum absolute atomic E-state index is 0.0289. The van der Waals surface area contributed by atoms with E-state index in [1.807, 2.05) is 0 Å². The van der Waals surface area contributed by atoms with Crippen LogP contribution in [0, 0.1) is 0 Å². The monoisotopic (exact) mass is 365 g/mol. The van der Waals surface area contributed by atoms with Crippen molar-refractivity contribution in [3.8, 4) is 5.75 Å². The van der Waals surface area contributed by atoms with Crippen molar-refractivity contribution in [2.24, 2.45) is 0 Å². The van der Waals surface area contributed by atoms with E-state index < -0.39 is 23.9 Å². The average Bonchev–Trinajstić information content (AvgIpc) is 3.07. The Kier molecular flexibility index (Phi) is 4.58. The van der Waals surface area contributed by atoms with Gasteiger partial charge in [0.05, 0.1) is 12.2 Å². The van der Waals surface area contributed by atoms with Crippen molar-refractivity contribution in [2.75, 3.05) is 6.61 Å². The number of alkyl halides is 3. The zero-order chi connectivity index (χ0) is 18.9. The summed E-state index contributed by atoms with van der Waals surface area (Å²) in [6.45, 7) is 1.60. The molecule has 2 aromatic rings. The van der Waals surface area contributed by atoms with E-state index in [-0.39, 0.29) is 24.2 Å². The number of fused-ring (bicyclic) bond motifs is 1. The molecule has 0 aliphatic heterocycles. The highest BCUT2D eigenvalue weighted by molar-refractivity contribution is 6.31. The van der Waals surface area contributed by atoms with Gasteiger partial charge in [-0.05, 0) is 36.3 Å². The number of hydrogen-bond donors (Lipinski definition) is 1. The van der Waals surface area contributed by atoms with Crippen LogP contribution in [-0.4, -0.2) is 29.7 Å². The Morgan fingerprint density at radius 1 is 1.23 bits per heavy atom. The first-order valence-corrected chi connectivity index (χ1v) is 7.78. The first kappa shape index (κ1) is 17.8. The Morgan fingerprint density at radius 3 is 2.62 bits per heavy atom. The third-order valence-electron chi connectivity index (χ3n) is 3.86. The number of nitrogens with one attached hydrogen (secondary N) is 1. The van der Waals surface area contributed by atoms with Gasteiger partial charge in [-0.1, -0.05) is 12.1 Å². The van der Waals surface area contributed by atoms with Gasteiger partial charge in [-0.25, -0.2) is 4.79 Å². The zero-order valence-corrected chi connectivity index (χ0v) is 13.6. The van der Waals surface area contributed by atoms with Gasteiger partial charge in [-0.3, -0.25) is 4.79 Å². The molecule has 0 atom stereocenters. The number of ketones is 1. The van der Waals surface area contributed by atoms with Crippen LogP contribution in [0.5, 0.6) is 5.75 Å². The lowest BCUT2D eigenvalue weighted by Crippen LogP contribution is -2.26. The molecule has 1 aromatic heterocycles. The molecule has 1 aliphatic carbocycles. The van der Waals surface area contributed by atoms with Crippen molar-refractivity contribution in [1.82, 2.24) is 4.98 Å². The van der Waals surface area contributed by atoms with Gasteiger partial charge in [0.1, 0.15) is 11.3 Å². The molecular formula is C18H14F3NO4. The molecular weight excluding hydrogens is 351 g/mol. The second kappa shape index (κ2) is 6.70. The third-order valence-corrected chi connectivity index (χ3v) is 3.86. The van der Waals surface area contributed by atoms with Crippen LogP contribution in [0.3, 0.4) is 0 Å². The molecule has 0 fully saturated rings. The summed E-state index contributed by atoms with van der Waals surface area (Å²) < 4.78 is 46.9. The maximum atomic E-state index is 12.9. The van der Waals surface area contributed by atoms with Gasteiger partial charge in [-0.2, -0.15) is 0 Å². The van der Waals surface area contributed by atoms with Crippen molar-refractivity contribution in [3.05, 3.63) is 58.9 Å². The maximum absolute atomic E-state index is 12.9. The molecule has 0 bridgehead atoms. The van der Waals surface area contributed by atoms with Crippen molar-refractivity contribution in [2.45, 2.75) is 19.7 Å². The van der Waals surface area contributed by atoms with Crippen molar-refractivity contribution in [3.63, 3.8) is 0 Å². The van der Waals surface area contributed by atoms with Crippen LogP contribution in [0.25, 0.3) is 5.57 Å². The molecule has 0 radical (unpaired) electrons. The fourth-order valence-electron chi connectivity index (χ4n) is 2.90. The van der Waals surface area contributed by atoms with Crippen LogP contribution >= 0.6 is 0 Å². The molecule has 1 heterocycles. The summed E-state index contributed by atoms with van der Waals surface area (Å²) in [5.41, 5.74) is 0.668. The summed E-state index contributed by atoms with van der Waals surface area (Å²) in [5, 5.41) is 0. The molecule has 5 nitrogen and oxygen atoms in total. The van der Waals surface area contributed by atoms with E-state index in [4.69, 9.17) is 4.74 Å². The minimum Gasteiger partial charge on any atom is -0.462 e. The van der Waals surface area contributed by atoms with E-state index in [1.165, 1.54) is 12.1 Å². The van der Waals surface area contributed by atoms with E-state index in [0.717, 1.165) is 6.07 Å². The molecule has 136 valence electrons. The molecule has 0 saturated heterocycles. The number of allylic oxidation sites excluding steroid dienone is 1. The van der Waals surface area contributed by atoms with Crippen LogP contribution in [0.15, 0.2) is 42.1 Å². The summed E-state index contributed by atoms with van der Waals surface area (Å²) in [6, 6.07) is 7.31. The SMILES string of the molecule is CCOC(=O)C1=C(c2ccc[nH]2)Cc2cccc(OC(F)(F)F)c2C1=O. The summed E-state index contributed by atoms with van der Waals surface area (Å²) in [7, 11) is 0. The number of carbonyl (C=O) groups excluding carboxylic acids is 2. The molecule has 1 aromatic carbocycles. The van der Waals surface area contributed by atoms with E-state index in [1.54, 1.807) is 25.3 Å². The minimum atomic E-state index is -4.96. The Bertz CT molecular complexity index is 882. The van der Waals surface area contributed by atoms with E-state index in [2.05, 4.69) is 9.72 Å². The van der Waals surface area contributed by atoms with Crippen LogP contribution in [0.1, 0.15) is 28.5 Å². The zero-order valence-electron chi connectivity index (χ0n) is 13.6. The molecule has 1 N–H and O–H groups in total. The third kappa shape index (κ3) is 3.35. The lowest BCUT2D eigenvalue weighted by Gasteiger charge is -2.23. The summed E-state index contributed by atoms with van der Waals surface area (Å²) in [4.78, 5) is 28.2. The van der Waals surface area contributed by atoms with E-state index >= 15 is 0 Å². The number of ether oxygens (including phenoxy) is 2. The largest absolute Gasteiger partial charge is 0.573 e. The number of aromatic nitrogens is 1. The quantitative estimate of drug-likeness (QED) is 0.663. The molecule has 0 saturated carbocycles. The summed E-state index contributed by atoms with van der Waals surface area (Å²) in [6.07, 6.45) is -3.25. The predicted molar refractivity (Wildman–Crippen MR) is 85.5 cm³/mol. The number of H-pyrrole nitrogens is 1. The molecule has 8 heteroatoms. The van der Waals surface area contributed by atoms with Crippen LogP contribution in [0.4, 0.5) is 13.2 Å². The predicted octanol–water partition coefficient (Wildman–Crippen LogP) is 3.67. The molecule has 1 aliphatic rings. The number of aromatic amines is 1. The number of esters is 1. The highest BCUT2D eigenvalue weighted by Gasteiger charge is 2.38. The van der Waals surface area contributed by atoms with Gasteiger partial charge < -0.3 is 14.5 Å². The number of Topliss-reactive ketones (excluding diaryl/α,β-unsaturated/α-hetero) is 1. The van der Waals surface area contributed by atoms with Crippen molar-refractivity contribution < 1.29 is 32.2 Å². The number of benzene rings is 1. The van der Waals surface area contributed by atoms with E-state index in [9.17, 15) is 22.8 Å². The number of hydrogen-bond acceptors (Lipinski definition) is 4. The molecule has 0 spiro atoms. The summed E-state index contributed by atoms with van der Waals surface area (Å²) in [5.74, 6) is -2.36. The Balaban J connectivity index is 2.15. The maximum Gasteiger partial charge on any atom is 0.573 e. The lowest BCUT2D eigenvalue weighted by molar-refractivity contribution is -0.274. The number of rotatable bonds is 4. The average molecular weight is 365 g/mol. The lowest BCUT2D eigenvalue weighted by atomic mass is 9.83. The fourth-order valence-corrected chi connectivity index (χ4v) is 2.90. The summed E-state index contributed by atoms with van der Waals surface area (Å²) >= 11 is 0. The molecule has 0 unspecified atom stereocenters. The second-order valence-corrected chi connectivity index (χ2v) is 5.50. The Morgan fingerprint density at radius 2 is 2.00 bits per heavy atom. The highest BCUT2D eigenvalue weighted by atomic mass is 19.4. The molecule has 3 rings (SSSR count). The molecule has 26 heavy (non-hydrogen) atoms. The van der Waals surface area contributed by atoms with Gasteiger partial charge in [0.25, 0.3) is 0 Å². The molecule has 0 amide bonds. The van der Waals surface area contributed by atoms with Crippen molar-refractivity contribution >= 4 is 17.3 Å². The highest BCUT2D eigenvalue weighted by Crippen LogP contribution is 2.38. The smallest absolute Gasteiger partial charge is 0.462 e. The van der Waals surface area contributed by atoms with Gasteiger partial charge in [0, 0.05) is 18.3 Å². The topological polar surface area (TPSA) is 68.4 Å². The van der Waals surface area contributed by atoms with Crippen molar-refractivity contribution in [1.29, 1.82) is 0 Å². The fraction of sp³-hybridized carbons (Fsp3) is 0.222. The van der Waals surface area contributed by atoms with Crippen LogP contribution in [-0.2, 0) is 16.0 Å². The number of halogens is 3. The van der Waals surface area contributed by atoms with E-state index in [0.29, 0.717) is 16.8 Å². The van der Waals surface area contributed by atoms with Crippen LogP contribution in [0.2, 0.25) is 0 Å². The Hall–Kier alpha value is -3.03. The Labute approximate surface area is 146 Å². The first-order chi connectivity index (χ1) is 12.3. The standard InChI is InChI=1S/C18H14F3NO4/c1-2-25-17(24)15-11(12-6-4-8-22-12)9-10-5-3-7-13(14(10)16(15)23)26-18(19,20)21/h3-8,22H,2,9H2,1H3. The first-order valence-electron chi connectivity index (χ1n) is 7.78.